The summed E-state index contributed by atoms with van der Waals surface area (Å²) in [6, 6.07) is 15.4. The fraction of sp³-hybridized carbons (Fsp3) is 0.0556. The second-order valence-corrected chi connectivity index (χ2v) is 6.63. The molecule has 2 aromatic carbocycles. The summed E-state index contributed by atoms with van der Waals surface area (Å²) in [5.41, 5.74) is 1.28. The van der Waals surface area contributed by atoms with Crippen molar-refractivity contribution in [2.24, 2.45) is 0 Å². The lowest BCUT2D eigenvalue weighted by atomic mass is 10.1. The molecule has 26 heavy (non-hydrogen) atoms. The van der Waals surface area contributed by atoms with Gasteiger partial charge in [0.2, 0.25) is 5.13 Å². The number of hydrogen-bond donors (Lipinski definition) is 1. The highest BCUT2D eigenvalue weighted by atomic mass is 32.1. The summed E-state index contributed by atoms with van der Waals surface area (Å²) in [7, 11) is 0. The molecule has 0 spiro atoms. The predicted octanol–water partition coefficient (Wildman–Crippen LogP) is 2.59. The van der Waals surface area contributed by atoms with Gasteiger partial charge in [0.1, 0.15) is 5.01 Å². The average molecular weight is 364 g/mol. The Morgan fingerprint density at radius 3 is 2.19 bits per heavy atom. The molecule has 0 atom stereocenters. The number of nitrogens with zero attached hydrogens (tertiary/aromatic N) is 3. The fourth-order valence-corrected chi connectivity index (χ4v) is 3.37. The Labute approximate surface area is 152 Å². The molecular weight excluding hydrogens is 352 g/mol. The number of rotatable bonds is 4. The molecule has 0 unspecified atom stereocenters. The minimum atomic E-state index is -0.351. The summed E-state index contributed by atoms with van der Waals surface area (Å²) < 4.78 is 0. The largest absolute Gasteiger partial charge is 0.296 e. The normalized spacial score (nSPS) is 13.0. The van der Waals surface area contributed by atoms with Gasteiger partial charge in [-0.2, -0.15) is 0 Å². The molecule has 0 saturated carbocycles. The molecule has 1 aromatic heterocycles. The minimum Gasteiger partial charge on any atom is -0.296 e. The molecule has 3 amide bonds. The predicted molar refractivity (Wildman–Crippen MR) is 95.0 cm³/mol. The lowest BCUT2D eigenvalue weighted by Gasteiger charge is -2.10. The number of carbonyl (C=O) groups is 3. The van der Waals surface area contributed by atoms with Crippen LogP contribution in [0, 0.1) is 0 Å². The van der Waals surface area contributed by atoms with Crippen LogP contribution in [0.25, 0.3) is 0 Å². The smallest absolute Gasteiger partial charge is 0.261 e. The zero-order valence-electron chi connectivity index (χ0n) is 13.4. The zero-order valence-corrected chi connectivity index (χ0v) is 14.2. The minimum absolute atomic E-state index is 0.0191. The molecule has 3 aromatic rings. The molecule has 8 heteroatoms. The molecule has 7 nitrogen and oxygen atoms in total. The number of hydrogen-bond acceptors (Lipinski definition) is 6. The van der Waals surface area contributed by atoms with Gasteiger partial charge in [0, 0.05) is 5.56 Å². The van der Waals surface area contributed by atoms with Gasteiger partial charge in [-0.25, -0.2) is 0 Å². The Balaban J connectivity index is 1.47. The van der Waals surface area contributed by atoms with Gasteiger partial charge in [0.15, 0.2) is 0 Å². The maximum atomic E-state index is 12.4. The molecule has 0 bridgehead atoms. The molecule has 1 aliphatic heterocycles. The summed E-state index contributed by atoms with van der Waals surface area (Å²) in [4.78, 5) is 38.0. The second-order valence-electron chi connectivity index (χ2n) is 5.56. The SMILES string of the molecule is O=C(Nc1nnc(CN2C(=O)c3ccccc3C2=O)s1)c1ccccc1. The Morgan fingerprint density at radius 1 is 0.923 bits per heavy atom. The van der Waals surface area contributed by atoms with E-state index >= 15 is 0 Å². The Morgan fingerprint density at radius 2 is 1.54 bits per heavy atom. The van der Waals surface area contributed by atoms with E-state index in [9.17, 15) is 14.4 Å². The van der Waals surface area contributed by atoms with Crippen molar-refractivity contribution in [2.75, 3.05) is 5.32 Å². The Kier molecular flexibility index (Phi) is 4.02. The number of aromatic nitrogens is 2. The van der Waals surface area contributed by atoms with Crippen molar-refractivity contribution in [3.05, 3.63) is 76.3 Å². The number of benzene rings is 2. The van der Waals surface area contributed by atoms with E-state index in [2.05, 4.69) is 15.5 Å². The van der Waals surface area contributed by atoms with Crippen LogP contribution in [-0.4, -0.2) is 32.8 Å². The molecule has 4 rings (SSSR count). The van der Waals surface area contributed by atoms with Gasteiger partial charge < -0.3 is 0 Å². The number of anilines is 1. The van der Waals surface area contributed by atoms with Crippen molar-refractivity contribution in [2.45, 2.75) is 6.54 Å². The quantitative estimate of drug-likeness (QED) is 0.719. The van der Waals surface area contributed by atoms with Gasteiger partial charge in [-0.3, -0.25) is 24.6 Å². The highest BCUT2D eigenvalue weighted by molar-refractivity contribution is 7.15. The second kappa shape index (κ2) is 6.49. The van der Waals surface area contributed by atoms with Gasteiger partial charge in [0.25, 0.3) is 17.7 Å². The summed E-state index contributed by atoms with van der Waals surface area (Å²) in [6.07, 6.45) is 0. The highest BCUT2D eigenvalue weighted by Crippen LogP contribution is 2.26. The molecule has 0 aliphatic carbocycles. The third kappa shape index (κ3) is 2.86. The van der Waals surface area contributed by atoms with Crippen molar-refractivity contribution in [1.82, 2.24) is 15.1 Å². The molecule has 0 saturated heterocycles. The van der Waals surface area contributed by atoms with E-state index in [-0.39, 0.29) is 24.3 Å². The first-order valence-electron chi connectivity index (χ1n) is 7.77. The standard InChI is InChI=1S/C18H12N4O3S/c23-15(11-6-2-1-3-7-11)19-18-21-20-14(26-18)10-22-16(24)12-8-4-5-9-13(12)17(22)25/h1-9H,10H2,(H,19,21,23). The van der Waals surface area contributed by atoms with Crippen molar-refractivity contribution in [1.29, 1.82) is 0 Å². The fourth-order valence-electron chi connectivity index (χ4n) is 2.64. The Hall–Kier alpha value is -3.39. The molecule has 0 radical (unpaired) electrons. The average Bonchev–Trinajstić information content (AvgIpc) is 3.21. The number of carbonyl (C=O) groups excluding carboxylic acids is 3. The maximum absolute atomic E-state index is 12.4. The van der Waals surface area contributed by atoms with Crippen LogP contribution in [0.15, 0.2) is 54.6 Å². The lowest BCUT2D eigenvalue weighted by Crippen LogP contribution is -2.29. The number of fused-ring (bicyclic) bond motifs is 1. The van der Waals surface area contributed by atoms with Crippen LogP contribution in [0.4, 0.5) is 5.13 Å². The molecule has 128 valence electrons. The summed E-state index contributed by atoms with van der Waals surface area (Å²) in [6.45, 7) is 0.0191. The van der Waals surface area contributed by atoms with Gasteiger partial charge in [-0.15, -0.1) is 10.2 Å². The van der Waals surface area contributed by atoms with E-state index in [1.807, 2.05) is 6.07 Å². The molecule has 2 heterocycles. The van der Waals surface area contributed by atoms with Gasteiger partial charge in [-0.1, -0.05) is 41.7 Å². The van der Waals surface area contributed by atoms with Crippen molar-refractivity contribution in [3.63, 3.8) is 0 Å². The van der Waals surface area contributed by atoms with E-state index < -0.39 is 0 Å². The number of amides is 3. The third-order valence-corrected chi connectivity index (χ3v) is 4.72. The van der Waals surface area contributed by atoms with Gasteiger partial charge >= 0.3 is 0 Å². The van der Waals surface area contributed by atoms with Crippen LogP contribution in [0.5, 0.6) is 0 Å². The monoisotopic (exact) mass is 364 g/mol. The van der Waals surface area contributed by atoms with Crippen LogP contribution in [0.2, 0.25) is 0 Å². The molecule has 1 aliphatic rings. The summed E-state index contributed by atoms with van der Waals surface area (Å²) >= 11 is 1.13. The highest BCUT2D eigenvalue weighted by Gasteiger charge is 2.35. The van der Waals surface area contributed by atoms with Crippen molar-refractivity contribution in [3.8, 4) is 0 Å². The van der Waals surface area contributed by atoms with E-state index in [0.717, 1.165) is 16.2 Å². The summed E-state index contributed by atoms with van der Waals surface area (Å²) in [5, 5.41) is 11.3. The van der Waals surface area contributed by atoms with Gasteiger partial charge in [0.05, 0.1) is 17.7 Å². The summed E-state index contributed by atoms with van der Waals surface area (Å²) in [5.74, 6) is -1.000. The van der Waals surface area contributed by atoms with Crippen molar-refractivity contribution >= 4 is 34.2 Å². The van der Waals surface area contributed by atoms with Crippen LogP contribution < -0.4 is 5.32 Å². The topological polar surface area (TPSA) is 92.3 Å². The van der Waals surface area contributed by atoms with Crippen molar-refractivity contribution < 1.29 is 14.4 Å². The van der Waals surface area contributed by atoms with E-state index in [1.165, 1.54) is 0 Å². The molecule has 1 N–H and O–H groups in total. The van der Waals surface area contributed by atoms with Crippen LogP contribution >= 0.6 is 11.3 Å². The molecule has 0 fully saturated rings. The van der Waals surface area contributed by atoms with Crippen LogP contribution in [0.1, 0.15) is 36.1 Å². The first-order chi connectivity index (χ1) is 12.6. The zero-order chi connectivity index (χ0) is 18.1. The Bertz CT molecular complexity index is 981. The number of nitrogens with one attached hydrogen (secondary N) is 1. The molecular formula is C18H12N4O3S. The van der Waals surface area contributed by atoms with E-state index in [0.29, 0.717) is 26.8 Å². The number of imide groups is 1. The maximum Gasteiger partial charge on any atom is 0.261 e. The van der Waals surface area contributed by atoms with E-state index in [1.54, 1.807) is 48.5 Å². The lowest BCUT2D eigenvalue weighted by molar-refractivity contribution is 0.0641. The third-order valence-electron chi connectivity index (χ3n) is 3.89. The first-order valence-corrected chi connectivity index (χ1v) is 8.59. The van der Waals surface area contributed by atoms with Crippen LogP contribution in [0.3, 0.4) is 0 Å². The first kappa shape index (κ1) is 16.1. The van der Waals surface area contributed by atoms with Gasteiger partial charge in [-0.05, 0) is 24.3 Å². The van der Waals surface area contributed by atoms with Crippen LogP contribution in [-0.2, 0) is 6.54 Å². The van der Waals surface area contributed by atoms with E-state index in [4.69, 9.17) is 0 Å².